The Hall–Kier alpha value is -0.970. The van der Waals surface area contributed by atoms with Crippen molar-refractivity contribution in [1.82, 2.24) is 4.90 Å². The average Bonchev–Trinajstić information content (AvgIpc) is 2.65. The summed E-state index contributed by atoms with van der Waals surface area (Å²) in [6.07, 6.45) is 12.7. The monoisotopic (exact) mass is 179 g/mol. The molecular weight excluding hydrogens is 162 g/mol. The fourth-order valence-electron chi connectivity index (χ4n) is 1.92. The fourth-order valence-corrected chi connectivity index (χ4v) is 1.92. The lowest BCUT2D eigenvalue weighted by Gasteiger charge is -2.23. The van der Waals surface area contributed by atoms with Gasteiger partial charge < -0.3 is 4.90 Å². The number of rotatable bonds is 5. The van der Waals surface area contributed by atoms with E-state index in [1.54, 1.807) is 0 Å². The average molecular weight is 179 g/mol. The molecule has 1 aliphatic rings. The Labute approximate surface area is 80.3 Å². The molecule has 0 aliphatic heterocycles. The highest BCUT2D eigenvalue weighted by Crippen LogP contribution is 2.22. The summed E-state index contributed by atoms with van der Waals surface area (Å²) in [7, 11) is 0. The summed E-state index contributed by atoms with van der Waals surface area (Å²) in [6, 6.07) is 0.496. The third kappa shape index (κ3) is 3.10. The van der Waals surface area contributed by atoms with Crippen molar-refractivity contribution in [1.29, 1.82) is 0 Å². The minimum Gasteiger partial charge on any atom is -0.342 e. The van der Waals surface area contributed by atoms with Gasteiger partial charge in [-0.15, -0.1) is 12.3 Å². The molecule has 0 aromatic rings. The van der Waals surface area contributed by atoms with Crippen LogP contribution in [0.3, 0.4) is 0 Å². The van der Waals surface area contributed by atoms with Crippen LogP contribution in [0.5, 0.6) is 0 Å². The van der Waals surface area contributed by atoms with Crippen LogP contribution in [0.15, 0.2) is 0 Å². The number of unbranched alkanes of at least 4 members (excludes halogenated alkanes) is 1. The summed E-state index contributed by atoms with van der Waals surface area (Å²) in [4.78, 5) is 12.7. The Morgan fingerprint density at radius 1 is 1.46 bits per heavy atom. The minimum absolute atomic E-state index is 0.496. The van der Waals surface area contributed by atoms with Gasteiger partial charge in [-0.05, 0) is 19.3 Å². The molecule has 0 saturated heterocycles. The predicted octanol–water partition coefficient (Wildman–Crippen LogP) is 1.80. The highest BCUT2D eigenvalue weighted by atomic mass is 16.1. The normalized spacial score (nSPS) is 16.8. The predicted molar refractivity (Wildman–Crippen MR) is 53.1 cm³/mol. The van der Waals surface area contributed by atoms with E-state index >= 15 is 0 Å². The van der Waals surface area contributed by atoms with Crippen LogP contribution in [-0.2, 0) is 4.79 Å². The van der Waals surface area contributed by atoms with Crippen molar-refractivity contribution >= 4 is 6.41 Å². The molecule has 0 aromatic carbocycles. The molecule has 13 heavy (non-hydrogen) atoms. The summed E-state index contributed by atoms with van der Waals surface area (Å²) in [6.45, 7) is 0.832. The Balaban J connectivity index is 2.25. The van der Waals surface area contributed by atoms with Crippen LogP contribution in [0, 0.1) is 12.3 Å². The van der Waals surface area contributed by atoms with Crippen LogP contribution in [0.1, 0.15) is 38.5 Å². The lowest BCUT2D eigenvalue weighted by molar-refractivity contribution is -0.120. The summed E-state index contributed by atoms with van der Waals surface area (Å²) in [5.41, 5.74) is 0. The van der Waals surface area contributed by atoms with Gasteiger partial charge in [0.05, 0.1) is 0 Å². The molecule has 72 valence electrons. The maximum atomic E-state index is 10.8. The summed E-state index contributed by atoms with van der Waals surface area (Å²) in [5.74, 6) is 2.60. The van der Waals surface area contributed by atoms with Crippen molar-refractivity contribution in [2.75, 3.05) is 6.54 Å². The Morgan fingerprint density at radius 2 is 2.15 bits per heavy atom. The second-order valence-corrected chi connectivity index (χ2v) is 3.59. The molecule has 1 amide bonds. The molecule has 0 atom stereocenters. The second-order valence-electron chi connectivity index (χ2n) is 3.59. The molecule has 2 nitrogen and oxygen atoms in total. The molecular formula is C11H17NO. The lowest BCUT2D eigenvalue weighted by atomic mass is 10.2. The summed E-state index contributed by atoms with van der Waals surface area (Å²) >= 11 is 0. The van der Waals surface area contributed by atoms with E-state index in [1.807, 2.05) is 4.90 Å². The number of carbonyl (C=O) groups excluding carboxylic acids is 1. The minimum atomic E-state index is 0.496. The number of nitrogens with zero attached hydrogens (tertiary/aromatic N) is 1. The summed E-state index contributed by atoms with van der Waals surface area (Å²) < 4.78 is 0. The lowest BCUT2D eigenvalue weighted by Crippen LogP contribution is -2.32. The van der Waals surface area contributed by atoms with Gasteiger partial charge in [0.1, 0.15) is 0 Å². The van der Waals surface area contributed by atoms with E-state index in [1.165, 1.54) is 25.7 Å². The molecule has 1 saturated carbocycles. The number of hydrogen-bond acceptors (Lipinski definition) is 1. The zero-order valence-corrected chi connectivity index (χ0v) is 8.04. The Kier molecular flexibility index (Phi) is 4.39. The second kappa shape index (κ2) is 5.64. The number of hydrogen-bond donors (Lipinski definition) is 0. The van der Waals surface area contributed by atoms with Crippen LogP contribution < -0.4 is 0 Å². The van der Waals surface area contributed by atoms with Gasteiger partial charge in [-0.3, -0.25) is 4.79 Å². The maximum absolute atomic E-state index is 10.8. The number of terminal acetylenes is 1. The molecule has 0 N–H and O–H groups in total. The van der Waals surface area contributed by atoms with E-state index in [9.17, 15) is 4.79 Å². The molecule has 1 fully saturated rings. The van der Waals surface area contributed by atoms with E-state index < -0.39 is 0 Å². The first-order valence-corrected chi connectivity index (χ1v) is 5.03. The largest absolute Gasteiger partial charge is 0.342 e. The number of amides is 1. The highest BCUT2D eigenvalue weighted by Gasteiger charge is 2.20. The zero-order valence-electron chi connectivity index (χ0n) is 8.04. The van der Waals surface area contributed by atoms with Gasteiger partial charge >= 0.3 is 0 Å². The standard InChI is InChI=1S/C11H17NO/c1-2-3-6-9-12(10-13)11-7-4-5-8-11/h1,10-11H,3-9H2. The van der Waals surface area contributed by atoms with Crippen molar-refractivity contribution < 1.29 is 4.79 Å². The van der Waals surface area contributed by atoms with Gasteiger partial charge in [0.15, 0.2) is 0 Å². The van der Waals surface area contributed by atoms with E-state index in [0.29, 0.717) is 6.04 Å². The SMILES string of the molecule is C#CCCCN(C=O)C1CCCC1. The van der Waals surface area contributed by atoms with Crippen molar-refractivity contribution in [2.24, 2.45) is 0 Å². The van der Waals surface area contributed by atoms with E-state index in [4.69, 9.17) is 6.42 Å². The van der Waals surface area contributed by atoms with E-state index in [-0.39, 0.29) is 0 Å². The molecule has 2 heteroatoms. The van der Waals surface area contributed by atoms with Crippen LogP contribution >= 0.6 is 0 Å². The van der Waals surface area contributed by atoms with Crippen LogP contribution in [0.4, 0.5) is 0 Å². The molecule has 0 radical (unpaired) electrons. The number of carbonyl (C=O) groups is 1. The van der Waals surface area contributed by atoms with Gasteiger partial charge in [-0.1, -0.05) is 12.8 Å². The fraction of sp³-hybridized carbons (Fsp3) is 0.727. The van der Waals surface area contributed by atoms with Crippen LogP contribution in [-0.4, -0.2) is 23.9 Å². The first kappa shape index (κ1) is 10.1. The maximum Gasteiger partial charge on any atom is 0.209 e. The van der Waals surface area contributed by atoms with Gasteiger partial charge in [-0.2, -0.15) is 0 Å². The van der Waals surface area contributed by atoms with Gasteiger partial charge in [0.25, 0.3) is 0 Å². The van der Waals surface area contributed by atoms with E-state index in [0.717, 1.165) is 25.8 Å². The van der Waals surface area contributed by atoms with Crippen LogP contribution in [0.2, 0.25) is 0 Å². The zero-order chi connectivity index (χ0) is 9.52. The smallest absolute Gasteiger partial charge is 0.209 e. The van der Waals surface area contributed by atoms with Crippen molar-refractivity contribution in [3.05, 3.63) is 0 Å². The quantitative estimate of drug-likeness (QED) is 0.358. The molecule has 0 aromatic heterocycles. The molecule has 0 spiro atoms. The first-order chi connectivity index (χ1) is 6.38. The third-order valence-electron chi connectivity index (χ3n) is 2.67. The van der Waals surface area contributed by atoms with Gasteiger partial charge in [0.2, 0.25) is 6.41 Å². The Bertz CT molecular complexity index is 189. The van der Waals surface area contributed by atoms with Gasteiger partial charge in [0, 0.05) is 19.0 Å². The van der Waals surface area contributed by atoms with Crippen molar-refractivity contribution in [2.45, 2.75) is 44.6 Å². The highest BCUT2D eigenvalue weighted by molar-refractivity contribution is 5.47. The van der Waals surface area contributed by atoms with Crippen LogP contribution in [0.25, 0.3) is 0 Å². The molecule has 1 rings (SSSR count). The topological polar surface area (TPSA) is 20.3 Å². The molecule has 0 bridgehead atoms. The molecule has 0 unspecified atom stereocenters. The third-order valence-corrected chi connectivity index (χ3v) is 2.67. The molecule has 1 aliphatic carbocycles. The van der Waals surface area contributed by atoms with Gasteiger partial charge in [-0.25, -0.2) is 0 Å². The Morgan fingerprint density at radius 3 is 2.69 bits per heavy atom. The molecule has 0 heterocycles. The summed E-state index contributed by atoms with van der Waals surface area (Å²) in [5, 5.41) is 0. The van der Waals surface area contributed by atoms with E-state index in [2.05, 4.69) is 5.92 Å². The van der Waals surface area contributed by atoms with Crippen molar-refractivity contribution in [3.8, 4) is 12.3 Å². The van der Waals surface area contributed by atoms with Crippen molar-refractivity contribution in [3.63, 3.8) is 0 Å². The first-order valence-electron chi connectivity index (χ1n) is 5.03.